The number of benzene rings is 4. The van der Waals surface area contributed by atoms with E-state index < -0.39 is 0 Å². The summed E-state index contributed by atoms with van der Waals surface area (Å²) in [5.74, 6) is 1.81. The first kappa shape index (κ1) is 43.0. The average Bonchev–Trinajstić information content (AvgIpc) is 3.97. The van der Waals surface area contributed by atoms with E-state index >= 15 is 0 Å². The zero-order valence-electron chi connectivity index (χ0n) is 31.3. The molecule has 0 bridgehead atoms. The first-order valence-electron chi connectivity index (χ1n) is 18.1. The van der Waals surface area contributed by atoms with Crippen LogP contribution in [0.15, 0.2) is 109 Å². The Morgan fingerprint density at radius 1 is 0.528 bits per heavy atom. The number of hydrogen-bond acceptors (Lipinski definition) is 2. The van der Waals surface area contributed by atoms with Crippen LogP contribution in [0.1, 0.15) is 117 Å². The van der Waals surface area contributed by atoms with Crippen LogP contribution in [0.25, 0.3) is 34.4 Å². The largest absolute Gasteiger partial charge is 4.00 e. The first-order valence-corrected chi connectivity index (χ1v) is 19.8. The van der Waals surface area contributed by atoms with Crippen molar-refractivity contribution in [3.63, 3.8) is 0 Å². The summed E-state index contributed by atoms with van der Waals surface area (Å²) in [4.78, 5) is 5.50. The van der Waals surface area contributed by atoms with Crippen LogP contribution in [0, 0.1) is 26.0 Å². The van der Waals surface area contributed by atoms with Gasteiger partial charge >= 0.3 is 26.2 Å². The van der Waals surface area contributed by atoms with Crippen LogP contribution in [0.2, 0.25) is 0 Å². The maximum Gasteiger partial charge on any atom is 4.00 e. The maximum atomic E-state index is 3.59. The van der Waals surface area contributed by atoms with Crippen LogP contribution in [-0.2, 0) is 26.2 Å². The van der Waals surface area contributed by atoms with Crippen molar-refractivity contribution in [3.05, 3.63) is 174 Å². The van der Waals surface area contributed by atoms with Gasteiger partial charge in [-0.1, -0.05) is 136 Å². The molecule has 0 nitrogen and oxygen atoms in total. The van der Waals surface area contributed by atoms with Gasteiger partial charge in [0.1, 0.15) is 0 Å². The van der Waals surface area contributed by atoms with Crippen LogP contribution in [0.4, 0.5) is 0 Å². The Morgan fingerprint density at radius 3 is 1.23 bits per heavy atom. The van der Waals surface area contributed by atoms with Crippen molar-refractivity contribution in [1.29, 1.82) is 0 Å². The number of aryl methyl sites for hydroxylation is 2. The summed E-state index contributed by atoms with van der Waals surface area (Å²) < 4.78 is 0. The second-order valence-corrected chi connectivity index (χ2v) is 16.5. The molecule has 6 aromatic rings. The molecule has 2 aromatic heterocycles. The van der Waals surface area contributed by atoms with Crippen molar-refractivity contribution in [1.82, 2.24) is 0 Å². The topological polar surface area (TPSA) is 0 Å². The molecule has 2 heterocycles. The fraction of sp³-hybridized carbons (Fsp3) is 0.250. The van der Waals surface area contributed by atoms with Gasteiger partial charge in [0.15, 0.2) is 0 Å². The standard InChI is InChI=1S/2C24H23S.2ClH.Zr/c2*1-4-16(2)18-9-11-19(12-10-18)20-6-5-7-21-22(20)13-14-23(21)24-15-8-17(3)25-24;;;/h2*5-13,15-16,23H,4H2,1-3H3;2*1H;/q2*-1;;;+4/p-2. The van der Waals surface area contributed by atoms with E-state index in [0.29, 0.717) is 11.8 Å². The van der Waals surface area contributed by atoms with E-state index in [0.717, 1.165) is 0 Å². The minimum Gasteiger partial charge on any atom is -1.00 e. The molecule has 5 heteroatoms. The van der Waals surface area contributed by atoms with Gasteiger partial charge in [0.2, 0.25) is 0 Å². The molecule has 53 heavy (non-hydrogen) atoms. The zero-order chi connectivity index (χ0) is 34.8. The van der Waals surface area contributed by atoms with Crippen LogP contribution in [0.3, 0.4) is 0 Å². The Labute approximate surface area is 357 Å². The fourth-order valence-corrected chi connectivity index (χ4v) is 9.06. The Bertz CT molecular complexity index is 2000. The van der Waals surface area contributed by atoms with E-state index in [1.54, 1.807) is 0 Å². The van der Waals surface area contributed by atoms with Crippen molar-refractivity contribution in [3.8, 4) is 22.3 Å². The first-order chi connectivity index (χ1) is 24.3. The van der Waals surface area contributed by atoms with Crippen LogP contribution < -0.4 is 24.8 Å². The van der Waals surface area contributed by atoms with Gasteiger partial charge in [-0.05, 0) is 94.8 Å². The monoisotopic (exact) mass is 846 g/mol. The number of rotatable bonds is 8. The normalized spacial score (nSPS) is 15.9. The number of halogens is 2. The van der Waals surface area contributed by atoms with E-state index in [1.807, 2.05) is 22.7 Å². The van der Waals surface area contributed by atoms with E-state index in [2.05, 4.69) is 175 Å². The van der Waals surface area contributed by atoms with Crippen LogP contribution in [-0.4, -0.2) is 0 Å². The van der Waals surface area contributed by atoms with Gasteiger partial charge in [-0.25, -0.2) is 12.2 Å². The molecule has 0 radical (unpaired) electrons. The molecule has 268 valence electrons. The molecule has 0 amide bonds. The Morgan fingerprint density at radius 2 is 0.906 bits per heavy atom. The van der Waals surface area contributed by atoms with E-state index in [4.69, 9.17) is 0 Å². The van der Waals surface area contributed by atoms with Crippen LogP contribution >= 0.6 is 22.7 Å². The molecular formula is C48H46Cl2S2Zr. The third-order valence-electron chi connectivity index (χ3n) is 10.6. The Balaban J connectivity index is 0.000000224. The molecule has 8 rings (SSSR count). The molecule has 0 saturated heterocycles. The van der Waals surface area contributed by atoms with Gasteiger partial charge in [0.25, 0.3) is 0 Å². The summed E-state index contributed by atoms with van der Waals surface area (Å²) in [5, 5.41) is 0. The van der Waals surface area contributed by atoms with Gasteiger partial charge in [-0.2, -0.15) is 11.1 Å². The Hall–Kier alpha value is -2.78. The van der Waals surface area contributed by atoms with Gasteiger partial charge in [0.05, 0.1) is 0 Å². The molecule has 0 fully saturated rings. The molecule has 4 aromatic carbocycles. The molecule has 2 aliphatic rings. The second-order valence-electron chi connectivity index (χ2n) is 13.9. The van der Waals surface area contributed by atoms with Crippen molar-refractivity contribution >= 4 is 34.8 Å². The SMILES string of the molecule is CCC(C)c1ccc(-c2cccc3c2C=[C-]C3c2ccc(C)s2)cc1.CCC(C)c1ccc(-c2cccc3c2C=[C-]C3c2ccc(C)s2)cc1.[Cl-].[Cl-].[Zr+4]. The number of thiophene rings is 2. The fourth-order valence-electron chi connectivity index (χ4n) is 7.15. The summed E-state index contributed by atoms with van der Waals surface area (Å²) in [6.07, 6.45) is 13.9. The molecule has 0 N–H and O–H groups in total. The van der Waals surface area contributed by atoms with E-state index in [-0.39, 0.29) is 62.9 Å². The van der Waals surface area contributed by atoms with Gasteiger partial charge in [-0.3, -0.25) is 12.2 Å². The van der Waals surface area contributed by atoms with Crippen molar-refractivity contribution in [2.45, 2.75) is 78.1 Å². The summed E-state index contributed by atoms with van der Waals surface area (Å²) in [7, 11) is 0. The molecule has 4 atom stereocenters. The number of allylic oxidation sites excluding steroid dienone is 2. The van der Waals surface area contributed by atoms with Crippen molar-refractivity contribution < 1.29 is 51.0 Å². The minimum absolute atomic E-state index is 0. The third-order valence-corrected chi connectivity index (χ3v) is 12.7. The predicted molar refractivity (Wildman–Crippen MR) is 218 cm³/mol. The quantitative estimate of drug-likeness (QED) is 0.135. The predicted octanol–water partition coefficient (Wildman–Crippen LogP) is 8.40. The minimum atomic E-state index is 0. The summed E-state index contributed by atoms with van der Waals surface area (Å²) in [6, 6.07) is 40.5. The molecule has 0 aliphatic heterocycles. The van der Waals surface area contributed by atoms with E-state index in [1.165, 1.54) is 88.0 Å². The molecule has 2 aliphatic carbocycles. The van der Waals surface area contributed by atoms with Crippen molar-refractivity contribution in [2.75, 3.05) is 0 Å². The Kier molecular flexibility index (Phi) is 15.6. The summed E-state index contributed by atoms with van der Waals surface area (Å²) in [5.41, 5.74) is 13.5. The van der Waals surface area contributed by atoms with Crippen LogP contribution in [0.5, 0.6) is 0 Å². The average molecular weight is 849 g/mol. The van der Waals surface area contributed by atoms with Gasteiger partial charge in [-0.15, -0.1) is 33.8 Å². The number of hydrogen-bond donors (Lipinski definition) is 0. The summed E-state index contributed by atoms with van der Waals surface area (Å²) >= 11 is 3.75. The molecule has 4 unspecified atom stereocenters. The third kappa shape index (κ3) is 9.20. The van der Waals surface area contributed by atoms with Gasteiger partial charge < -0.3 is 24.8 Å². The second kappa shape index (κ2) is 19.2. The number of fused-ring (bicyclic) bond motifs is 2. The smallest absolute Gasteiger partial charge is 1.00 e. The maximum absolute atomic E-state index is 3.59. The van der Waals surface area contributed by atoms with Crippen molar-refractivity contribution in [2.24, 2.45) is 0 Å². The summed E-state index contributed by atoms with van der Waals surface area (Å²) in [6.45, 7) is 13.4. The van der Waals surface area contributed by atoms with Gasteiger partial charge in [0, 0.05) is 9.75 Å². The van der Waals surface area contributed by atoms with E-state index in [9.17, 15) is 0 Å². The molecule has 0 saturated carbocycles. The molecule has 0 spiro atoms. The zero-order valence-corrected chi connectivity index (χ0v) is 36.9. The molecular weight excluding hydrogens is 803 g/mol.